The first kappa shape index (κ1) is 26.6. The van der Waals surface area contributed by atoms with Crippen LogP contribution in [0.25, 0.3) is 0 Å². The number of rotatable bonds is 10. The number of hydrogen-bond acceptors (Lipinski definition) is 4. The highest BCUT2D eigenvalue weighted by Crippen LogP contribution is 2.23. The minimum Gasteiger partial charge on any atom is -0.352 e. The molecule has 0 aliphatic heterocycles. The fraction of sp³-hybridized carbons (Fsp3) is 0.440. The first-order valence-electron chi connectivity index (χ1n) is 11.7. The molecule has 10 heteroatoms. The summed E-state index contributed by atoms with van der Waals surface area (Å²) in [5, 5.41) is 3.00. The molecule has 2 aromatic rings. The number of hydrogen-bond donors (Lipinski definition) is 1. The first-order chi connectivity index (χ1) is 16.6. The normalized spacial score (nSPS) is 15.0. The smallest absolute Gasteiger partial charge is 0.244 e. The molecule has 1 fully saturated rings. The molecular formula is C25H31F2N3O4S. The van der Waals surface area contributed by atoms with Crippen molar-refractivity contribution in [3.8, 4) is 0 Å². The Morgan fingerprint density at radius 3 is 2.26 bits per heavy atom. The Kier molecular flexibility index (Phi) is 8.82. The van der Waals surface area contributed by atoms with Crippen LogP contribution in [0.2, 0.25) is 0 Å². The second-order valence-electron chi connectivity index (χ2n) is 8.78. The van der Waals surface area contributed by atoms with Crippen LogP contribution >= 0.6 is 0 Å². The number of anilines is 1. The molecule has 0 radical (unpaired) electrons. The Morgan fingerprint density at radius 1 is 1.06 bits per heavy atom. The molecule has 35 heavy (non-hydrogen) atoms. The lowest BCUT2D eigenvalue weighted by Crippen LogP contribution is -2.53. The predicted molar refractivity (Wildman–Crippen MR) is 130 cm³/mol. The number of amides is 2. The maximum Gasteiger partial charge on any atom is 0.244 e. The van der Waals surface area contributed by atoms with Gasteiger partial charge in [-0.05, 0) is 49.1 Å². The standard InChI is InChI=1S/C25H31F2N3O4S/c1-3-22(25(32)28-20-8-4-5-9-20)29(16-18-12-14-19(26)15-13-18)24(31)17-30(35(2,33)34)23-11-7-6-10-21(23)27/h6-7,10-15,20,22H,3-5,8-9,16-17H2,1-2H3,(H,28,32)/t22-/m0/s1. The quantitative estimate of drug-likeness (QED) is 0.533. The third kappa shape index (κ3) is 7.00. The Labute approximate surface area is 205 Å². The largest absolute Gasteiger partial charge is 0.352 e. The molecule has 0 saturated heterocycles. The van der Waals surface area contributed by atoms with Gasteiger partial charge >= 0.3 is 0 Å². The average Bonchev–Trinajstić information content (AvgIpc) is 3.31. The molecule has 0 unspecified atom stereocenters. The molecule has 1 atom stereocenters. The van der Waals surface area contributed by atoms with Gasteiger partial charge in [-0.3, -0.25) is 13.9 Å². The third-order valence-electron chi connectivity index (χ3n) is 6.15. The Morgan fingerprint density at radius 2 is 1.69 bits per heavy atom. The molecular weight excluding hydrogens is 476 g/mol. The van der Waals surface area contributed by atoms with Crippen molar-refractivity contribution in [1.29, 1.82) is 0 Å². The van der Waals surface area contributed by atoms with Crippen LogP contribution < -0.4 is 9.62 Å². The average molecular weight is 508 g/mol. The summed E-state index contributed by atoms with van der Waals surface area (Å²) in [6.45, 7) is 1.04. The molecule has 1 aliphatic rings. The molecule has 2 amide bonds. The molecule has 1 saturated carbocycles. The van der Waals surface area contributed by atoms with E-state index < -0.39 is 40.2 Å². The number of halogens is 2. The van der Waals surface area contributed by atoms with E-state index >= 15 is 0 Å². The summed E-state index contributed by atoms with van der Waals surface area (Å²) in [4.78, 5) is 28.0. The molecule has 0 heterocycles. The maximum atomic E-state index is 14.5. The van der Waals surface area contributed by atoms with Crippen molar-refractivity contribution in [3.63, 3.8) is 0 Å². The van der Waals surface area contributed by atoms with Crippen LogP contribution in [-0.4, -0.2) is 50.0 Å². The van der Waals surface area contributed by atoms with Crippen LogP contribution in [0.4, 0.5) is 14.5 Å². The number of para-hydroxylation sites is 1. The molecule has 7 nitrogen and oxygen atoms in total. The SMILES string of the molecule is CC[C@@H](C(=O)NC1CCCC1)N(Cc1ccc(F)cc1)C(=O)CN(c1ccccc1F)S(C)(=O)=O. The van der Waals surface area contributed by atoms with E-state index in [1.165, 1.54) is 47.4 Å². The van der Waals surface area contributed by atoms with Crippen molar-refractivity contribution in [2.75, 3.05) is 17.1 Å². The summed E-state index contributed by atoms with van der Waals surface area (Å²) in [7, 11) is -4.02. The minimum atomic E-state index is -4.02. The summed E-state index contributed by atoms with van der Waals surface area (Å²) < 4.78 is 53.6. The Balaban J connectivity index is 1.92. The van der Waals surface area contributed by atoms with E-state index in [9.17, 15) is 26.8 Å². The minimum absolute atomic E-state index is 0.0326. The van der Waals surface area contributed by atoms with E-state index in [2.05, 4.69) is 5.32 Å². The lowest BCUT2D eigenvalue weighted by Gasteiger charge is -2.33. The van der Waals surface area contributed by atoms with Gasteiger partial charge < -0.3 is 10.2 Å². The number of sulfonamides is 1. The van der Waals surface area contributed by atoms with Gasteiger partial charge in [0.1, 0.15) is 24.2 Å². The molecule has 190 valence electrons. The lowest BCUT2D eigenvalue weighted by molar-refractivity contribution is -0.140. The highest BCUT2D eigenvalue weighted by Gasteiger charge is 2.33. The van der Waals surface area contributed by atoms with Crippen LogP contribution in [0.1, 0.15) is 44.6 Å². The van der Waals surface area contributed by atoms with Gasteiger partial charge in [-0.15, -0.1) is 0 Å². The zero-order chi connectivity index (χ0) is 25.6. The topological polar surface area (TPSA) is 86.8 Å². The number of carbonyl (C=O) groups excluding carboxylic acids is 2. The number of carbonyl (C=O) groups is 2. The van der Waals surface area contributed by atoms with Gasteiger partial charge in [0.2, 0.25) is 21.8 Å². The number of nitrogens with one attached hydrogen (secondary N) is 1. The van der Waals surface area contributed by atoms with Crippen LogP contribution in [0.5, 0.6) is 0 Å². The molecule has 1 aliphatic carbocycles. The maximum absolute atomic E-state index is 14.5. The van der Waals surface area contributed by atoms with Crippen molar-refractivity contribution in [3.05, 3.63) is 65.7 Å². The summed E-state index contributed by atoms with van der Waals surface area (Å²) in [6, 6.07) is 9.94. The van der Waals surface area contributed by atoms with Crippen molar-refractivity contribution in [2.24, 2.45) is 0 Å². The van der Waals surface area contributed by atoms with E-state index in [1.54, 1.807) is 6.92 Å². The zero-order valence-corrected chi connectivity index (χ0v) is 20.7. The second kappa shape index (κ2) is 11.6. The molecule has 2 aromatic carbocycles. The van der Waals surface area contributed by atoms with E-state index in [4.69, 9.17) is 0 Å². The fourth-order valence-corrected chi connectivity index (χ4v) is 5.17. The second-order valence-corrected chi connectivity index (χ2v) is 10.7. The monoisotopic (exact) mass is 507 g/mol. The summed E-state index contributed by atoms with van der Waals surface area (Å²) in [6.07, 6.45) is 4.94. The van der Waals surface area contributed by atoms with Gasteiger partial charge in [-0.2, -0.15) is 0 Å². The van der Waals surface area contributed by atoms with E-state index in [0.29, 0.717) is 9.87 Å². The van der Waals surface area contributed by atoms with Crippen LogP contribution in [0, 0.1) is 11.6 Å². The van der Waals surface area contributed by atoms with Gasteiger partial charge in [0.05, 0.1) is 11.9 Å². The summed E-state index contributed by atoms with van der Waals surface area (Å²) in [5.41, 5.74) is 0.317. The van der Waals surface area contributed by atoms with Crippen LogP contribution in [0.15, 0.2) is 48.5 Å². The highest BCUT2D eigenvalue weighted by molar-refractivity contribution is 7.92. The molecule has 1 N–H and O–H groups in total. The van der Waals surface area contributed by atoms with Crippen molar-refractivity contribution >= 4 is 27.5 Å². The number of nitrogens with zero attached hydrogens (tertiary/aromatic N) is 2. The van der Waals surface area contributed by atoms with Crippen LogP contribution in [0.3, 0.4) is 0 Å². The Bertz CT molecular complexity index is 1140. The molecule has 0 spiro atoms. The van der Waals surface area contributed by atoms with Gasteiger partial charge in [-0.1, -0.05) is 44.0 Å². The van der Waals surface area contributed by atoms with E-state index in [0.717, 1.165) is 38.0 Å². The lowest BCUT2D eigenvalue weighted by atomic mass is 10.1. The summed E-state index contributed by atoms with van der Waals surface area (Å²) in [5.74, 6) is -2.23. The number of benzene rings is 2. The van der Waals surface area contributed by atoms with Crippen molar-refractivity contribution in [2.45, 2.75) is 57.7 Å². The Hall–Kier alpha value is -3.01. The van der Waals surface area contributed by atoms with Gasteiger partial charge in [0.25, 0.3) is 0 Å². The zero-order valence-electron chi connectivity index (χ0n) is 19.9. The third-order valence-corrected chi connectivity index (χ3v) is 7.28. The molecule has 0 bridgehead atoms. The van der Waals surface area contributed by atoms with Crippen LogP contribution in [-0.2, 0) is 26.2 Å². The fourth-order valence-electron chi connectivity index (χ4n) is 4.32. The van der Waals surface area contributed by atoms with Gasteiger partial charge in [0, 0.05) is 12.6 Å². The highest BCUT2D eigenvalue weighted by atomic mass is 32.2. The van der Waals surface area contributed by atoms with Gasteiger partial charge in [-0.25, -0.2) is 17.2 Å². The van der Waals surface area contributed by atoms with Crippen molar-refractivity contribution in [1.82, 2.24) is 10.2 Å². The molecule has 0 aromatic heterocycles. The first-order valence-corrected chi connectivity index (χ1v) is 13.5. The van der Waals surface area contributed by atoms with E-state index in [-0.39, 0.29) is 30.6 Å². The van der Waals surface area contributed by atoms with E-state index in [1.807, 2.05) is 0 Å². The van der Waals surface area contributed by atoms with Gasteiger partial charge in [0.15, 0.2) is 0 Å². The summed E-state index contributed by atoms with van der Waals surface area (Å²) >= 11 is 0. The van der Waals surface area contributed by atoms with Crippen molar-refractivity contribution < 1.29 is 26.8 Å². The molecule has 3 rings (SSSR count). The predicted octanol–water partition coefficient (Wildman–Crippen LogP) is 3.60.